The van der Waals surface area contributed by atoms with Crippen LogP contribution in [0.1, 0.15) is 11.6 Å². The molecule has 0 unspecified atom stereocenters. The van der Waals surface area contributed by atoms with Crippen LogP contribution in [0, 0.1) is 6.92 Å². The molecule has 0 aliphatic heterocycles. The van der Waals surface area contributed by atoms with E-state index in [0.717, 1.165) is 17.3 Å². The lowest BCUT2D eigenvalue weighted by Gasteiger charge is -1.95. The number of hydrogen-bond donors (Lipinski definition) is 1. The molecular formula is C13H11NO3. The molecule has 0 aliphatic carbocycles. The Morgan fingerprint density at radius 2 is 2.06 bits per heavy atom. The molecule has 0 atom stereocenters. The first-order valence-corrected chi connectivity index (χ1v) is 5.10. The molecule has 0 bridgehead atoms. The molecule has 0 fully saturated rings. The van der Waals surface area contributed by atoms with E-state index in [1.807, 2.05) is 37.3 Å². The van der Waals surface area contributed by atoms with E-state index in [1.165, 1.54) is 6.08 Å². The van der Waals surface area contributed by atoms with E-state index in [2.05, 4.69) is 4.98 Å². The molecule has 1 N–H and O–H groups in total. The van der Waals surface area contributed by atoms with Crippen molar-refractivity contribution in [1.29, 1.82) is 0 Å². The second-order valence-electron chi connectivity index (χ2n) is 3.50. The third kappa shape index (κ3) is 2.60. The average Bonchev–Trinajstić information content (AvgIpc) is 2.69. The predicted octanol–water partition coefficient (Wildman–Crippen LogP) is 2.75. The minimum atomic E-state index is -1.03. The molecule has 0 spiro atoms. The monoisotopic (exact) mass is 229 g/mol. The van der Waals surface area contributed by atoms with Gasteiger partial charge in [-0.2, -0.15) is 0 Å². The molecule has 0 aliphatic rings. The van der Waals surface area contributed by atoms with Crippen molar-refractivity contribution < 1.29 is 14.3 Å². The number of oxazole rings is 1. The summed E-state index contributed by atoms with van der Waals surface area (Å²) in [7, 11) is 0. The van der Waals surface area contributed by atoms with Crippen LogP contribution in [-0.2, 0) is 4.79 Å². The number of carboxylic acid groups (broad SMARTS) is 1. The highest BCUT2D eigenvalue weighted by Gasteiger charge is 2.09. The van der Waals surface area contributed by atoms with Gasteiger partial charge in [-0.1, -0.05) is 30.3 Å². The molecule has 0 radical (unpaired) electrons. The van der Waals surface area contributed by atoms with Crippen molar-refractivity contribution in [2.24, 2.45) is 0 Å². The van der Waals surface area contributed by atoms with Crippen LogP contribution < -0.4 is 0 Å². The van der Waals surface area contributed by atoms with Crippen LogP contribution >= 0.6 is 0 Å². The van der Waals surface area contributed by atoms with Crippen molar-refractivity contribution in [3.05, 3.63) is 48.0 Å². The van der Waals surface area contributed by atoms with Gasteiger partial charge in [-0.05, 0) is 6.92 Å². The number of carboxylic acids is 1. The summed E-state index contributed by atoms with van der Waals surface area (Å²) in [5.74, 6) is -0.0680. The molecule has 0 saturated heterocycles. The molecule has 4 nitrogen and oxygen atoms in total. The van der Waals surface area contributed by atoms with Gasteiger partial charge in [0.2, 0.25) is 5.89 Å². The number of benzene rings is 1. The lowest BCUT2D eigenvalue weighted by atomic mass is 10.1. The molecule has 0 saturated carbocycles. The topological polar surface area (TPSA) is 63.3 Å². The third-order valence-corrected chi connectivity index (χ3v) is 2.22. The standard InChI is InChI=1S/C13H11NO3/c1-9-13(10-5-3-2-4-6-10)17-11(14-9)7-8-12(15)16/h2-8H,1H3,(H,15,16)/b8-7+. The molecule has 2 aromatic rings. The molecule has 1 aromatic carbocycles. The minimum absolute atomic E-state index is 0.295. The van der Waals surface area contributed by atoms with Gasteiger partial charge in [-0.15, -0.1) is 0 Å². The summed E-state index contributed by atoms with van der Waals surface area (Å²) in [6, 6.07) is 9.56. The van der Waals surface area contributed by atoms with Gasteiger partial charge in [-0.25, -0.2) is 9.78 Å². The summed E-state index contributed by atoms with van der Waals surface area (Å²) < 4.78 is 5.49. The van der Waals surface area contributed by atoms with Crippen LogP contribution in [0.2, 0.25) is 0 Å². The van der Waals surface area contributed by atoms with E-state index in [0.29, 0.717) is 11.7 Å². The normalized spacial score (nSPS) is 10.9. The van der Waals surface area contributed by atoms with E-state index in [1.54, 1.807) is 0 Å². The predicted molar refractivity (Wildman–Crippen MR) is 63.3 cm³/mol. The number of rotatable bonds is 3. The van der Waals surface area contributed by atoms with E-state index < -0.39 is 5.97 Å². The molecule has 1 heterocycles. The van der Waals surface area contributed by atoms with Crippen LogP contribution in [0.25, 0.3) is 17.4 Å². The molecule has 17 heavy (non-hydrogen) atoms. The van der Waals surface area contributed by atoms with Gasteiger partial charge in [0.05, 0.1) is 5.69 Å². The van der Waals surface area contributed by atoms with Crippen molar-refractivity contribution in [2.45, 2.75) is 6.92 Å². The van der Waals surface area contributed by atoms with Gasteiger partial charge in [-0.3, -0.25) is 0 Å². The summed E-state index contributed by atoms with van der Waals surface area (Å²) in [6.45, 7) is 1.82. The van der Waals surface area contributed by atoms with Crippen molar-refractivity contribution in [1.82, 2.24) is 4.98 Å². The molecule has 4 heteroatoms. The zero-order chi connectivity index (χ0) is 12.3. The van der Waals surface area contributed by atoms with E-state index >= 15 is 0 Å². The van der Waals surface area contributed by atoms with Crippen LogP contribution in [0.4, 0.5) is 0 Å². The number of aliphatic carboxylic acids is 1. The van der Waals surface area contributed by atoms with Crippen molar-refractivity contribution >= 4 is 12.0 Å². The van der Waals surface area contributed by atoms with Crippen molar-refractivity contribution in [3.8, 4) is 11.3 Å². The molecular weight excluding hydrogens is 218 g/mol. The van der Waals surface area contributed by atoms with Gasteiger partial charge in [0.25, 0.3) is 0 Å². The Balaban J connectivity index is 2.35. The first-order valence-electron chi connectivity index (χ1n) is 5.10. The summed E-state index contributed by atoms with van der Waals surface area (Å²) in [6.07, 6.45) is 2.34. The van der Waals surface area contributed by atoms with Crippen LogP contribution in [0.3, 0.4) is 0 Å². The maximum Gasteiger partial charge on any atom is 0.328 e. The van der Waals surface area contributed by atoms with E-state index in [-0.39, 0.29) is 0 Å². The van der Waals surface area contributed by atoms with Crippen LogP contribution in [0.5, 0.6) is 0 Å². The molecule has 2 rings (SSSR count). The summed E-state index contributed by atoms with van der Waals surface area (Å²) in [5.41, 5.74) is 1.66. The quantitative estimate of drug-likeness (QED) is 0.822. The van der Waals surface area contributed by atoms with Gasteiger partial charge < -0.3 is 9.52 Å². The van der Waals surface area contributed by atoms with Gasteiger partial charge in [0, 0.05) is 17.7 Å². The zero-order valence-electron chi connectivity index (χ0n) is 9.25. The fourth-order valence-corrected chi connectivity index (χ4v) is 1.49. The maximum absolute atomic E-state index is 10.4. The number of carbonyl (C=O) groups is 1. The fraction of sp³-hybridized carbons (Fsp3) is 0.0769. The summed E-state index contributed by atoms with van der Waals surface area (Å²) in [4.78, 5) is 14.5. The lowest BCUT2D eigenvalue weighted by Crippen LogP contribution is -1.85. The van der Waals surface area contributed by atoms with E-state index in [4.69, 9.17) is 9.52 Å². The highest BCUT2D eigenvalue weighted by molar-refractivity contribution is 5.84. The lowest BCUT2D eigenvalue weighted by molar-refractivity contribution is -0.131. The Bertz CT molecular complexity index is 555. The Kier molecular flexibility index (Phi) is 3.05. The number of nitrogens with zero attached hydrogens (tertiary/aromatic N) is 1. The van der Waals surface area contributed by atoms with Gasteiger partial charge >= 0.3 is 5.97 Å². The third-order valence-electron chi connectivity index (χ3n) is 2.22. The summed E-state index contributed by atoms with van der Waals surface area (Å²) in [5, 5.41) is 8.51. The Hall–Kier alpha value is -2.36. The van der Waals surface area contributed by atoms with Gasteiger partial charge in [0.15, 0.2) is 5.76 Å². The highest BCUT2D eigenvalue weighted by Crippen LogP contribution is 2.24. The highest BCUT2D eigenvalue weighted by atomic mass is 16.4. The van der Waals surface area contributed by atoms with Crippen LogP contribution in [-0.4, -0.2) is 16.1 Å². The molecule has 1 aromatic heterocycles. The number of aryl methyl sites for hydroxylation is 1. The Labute approximate surface area is 98.2 Å². The minimum Gasteiger partial charge on any atom is -0.478 e. The summed E-state index contributed by atoms with van der Waals surface area (Å²) >= 11 is 0. The average molecular weight is 229 g/mol. The van der Waals surface area contributed by atoms with Crippen LogP contribution in [0.15, 0.2) is 40.8 Å². The largest absolute Gasteiger partial charge is 0.478 e. The zero-order valence-corrected chi connectivity index (χ0v) is 9.25. The van der Waals surface area contributed by atoms with Crippen molar-refractivity contribution in [3.63, 3.8) is 0 Å². The SMILES string of the molecule is Cc1nc(/C=C/C(=O)O)oc1-c1ccccc1. The van der Waals surface area contributed by atoms with Gasteiger partial charge in [0.1, 0.15) is 0 Å². The Morgan fingerprint density at radius 1 is 1.35 bits per heavy atom. The molecule has 0 amide bonds. The van der Waals surface area contributed by atoms with E-state index in [9.17, 15) is 4.79 Å². The smallest absolute Gasteiger partial charge is 0.328 e. The second-order valence-corrected chi connectivity index (χ2v) is 3.50. The first kappa shape index (κ1) is 11.1. The fourth-order valence-electron chi connectivity index (χ4n) is 1.49. The second kappa shape index (κ2) is 4.65. The number of aromatic nitrogens is 1. The first-order chi connectivity index (χ1) is 8.16. The number of hydrogen-bond acceptors (Lipinski definition) is 3. The van der Waals surface area contributed by atoms with Crippen molar-refractivity contribution in [2.75, 3.05) is 0 Å². The molecule has 86 valence electrons. The maximum atomic E-state index is 10.4. The Morgan fingerprint density at radius 3 is 2.71 bits per heavy atom.